The van der Waals surface area contributed by atoms with Crippen molar-refractivity contribution in [2.45, 2.75) is 29.5 Å². The Kier molecular flexibility index (Phi) is 6.60. The van der Waals surface area contributed by atoms with Crippen LogP contribution in [0.5, 0.6) is 0 Å². The fraction of sp³-hybridized carbons (Fsp3) is 0.455. The normalized spacial score (nSPS) is 16.7. The number of nitrogens with one attached hydrogen (secondary N) is 3. The molecule has 3 aromatic rings. The van der Waals surface area contributed by atoms with Crippen molar-refractivity contribution in [1.29, 1.82) is 0 Å². The molecular weight excluding hydrogens is 438 g/mol. The van der Waals surface area contributed by atoms with Gasteiger partial charge in [0, 0.05) is 49.4 Å². The Hall–Kier alpha value is -2.89. The standard InChI is InChI=1S/C22H29N9OS/c1-30-8-10-31(11-9-30)21-25-20(24-19-12-17(14-32)28-29-19)26-22(27-21)33-18-6-4-16(5-7-18)23-13-15-2-3-15/h4-7,12,15,23,32H,2-3,8-11,13-14H2,1H3,(H2,24,25,26,27,28,29). The number of aliphatic hydroxyl groups excluding tert-OH is 1. The smallest absolute Gasteiger partial charge is 0.234 e. The highest BCUT2D eigenvalue weighted by Gasteiger charge is 2.21. The third-order valence-corrected chi connectivity index (χ3v) is 6.66. The van der Waals surface area contributed by atoms with E-state index in [1.54, 1.807) is 6.07 Å². The minimum absolute atomic E-state index is 0.106. The van der Waals surface area contributed by atoms with Gasteiger partial charge in [-0.2, -0.15) is 20.1 Å². The average molecular weight is 468 g/mol. The number of benzene rings is 1. The zero-order valence-electron chi connectivity index (χ0n) is 18.7. The maximum atomic E-state index is 9.29. The van der Waals surface area contributed by atoms with Gasteiger partial charge >= 0.3 is 0 Å². The van der Waals surface area contributed by atoms with Gasteiger partial charge in [0.05, 0.1) is 12.3 Å². The first-order valence-electron chi connectivity index (χ1n) is 11.3. The molecule has 0 bridgehead atoms. The number of likely N-dealkylation sites (N-methyl/N-ethyl adjacent to an activating group) is 1. The summed E-state index contributed by atoms with van der Waals surface area (Å²) in [5.74, 6) is 2.48. The molecule has 2 aromatic heterocycles. The van der Waals surface area contributed by atoms with E-state index in [9.17, 15) is 5.11 Å². The Balaban J connectivity index is 1.34. The highest BCUT2D eigenvalue weighted by Crippen LogP contribution is 2.31. The molecule has 1 saturated carbocycles. The van der Waals surface area contributed by atoms with Crippen molar-refractivity contribution < 1.29 is 5.11 Å². The lowest BCUT2D eigenvalue weighted by molar-refractivity contribution is 0.276. The first kappa shape index (κ1) is 21.9. The van der Waals surface area contributed by atoms with Crippen molar-refractivity contribution in [3.8, 4) is 0 Å². The fourth-order valence-corrected chi connectivity index (χ4v) is 4.29. The minimum atomic E-state index is -0.106. The van der Waals surface area contributed by atoms with Crippen LogP contribution in [-0.2, 0) is 6.61 Å². The van der Waals surface area contributed by atoms with Crippen LogP contribution in [-0.4, -0.2) is 74.9 Å². The maximum absolute atomic E-state index is 9.29. The van der Waals surface area contributed by atoms with Crippen LogP contribution in [0.4, 0.5) is 23.4 Å². The Bertz CT molecular complexity index is 1060. The molecule has 4 N–H and O–H groups in total. The molecule has 3 heterocycles. The molecule has 11 heteroatoms. The summed E-state index contributed by atoms with van der Waals surface area (Å²) in [7, 11) is 2.12. The third kappa shape index (κ3) is 5.92. The van der Waals surface area contributed by atoms with Crippen LogP contribution >= 0.6 is 11.8 Å². The lowest BCUT2D eigenvalue weighted by Crippen LogP contribution is -2.45. The number of rotatable bonds is 9. The predicted molar refractivity (Wildman–Crippen MR) is 129 cm³/mol. The lowest BCUT2D eigenvalue weighted by Gasteiger charge is -2.32. The molecule has 2 fully saturated rings. The fourth-order valence-electron chi connectivity index (χ4n) is 3.55. The van der Waals surface area contributed by atoms with Gasteiger partial charge in [0.15, 0.2) is 11.0 Å². The molecule has 0 unspecified atom stereocenters. The quantitative estimate of drug-likeness (QED) is 0.374. The monoisotopic (exact) mass is 467 g/mol. The zero-order chi connectivity index (χ0) is 22.6. The Morgan fingerprint density at radius 2 is 1.88 bits per heavy atom. The summed E-state index contributed by atoms with van der Waals surface area (Å²) in [5.41, 5.74) is 1.76. The first-order chi connectivity index (χ1) is 16.1. The van der Waals surface area contributed by atoms with E-state index in [-0.39, 0.29) is 6.61 Å². The van der Waals surface area contributed by atoms with E-state index >= 15 is 0 Å². The van der Waals surface area contributed by atoms with Gasteiger partial charge in [-0.25, -0.2) is 0 Å². The average Bonchev–Trinajstić information content (AvgIpc) is 3.56. The number of aromatic nitrogens is 5. The largest absolute Gasteiger partial charge is 0.390 e. The molecule has 0 radical (unpaired) electrons. The van der Waals surface area contributed by atoms with Crippen molar-refractivity contribution in [1.82, 2.24) is 30.0 Å². The highest BCUT2D eigenvalue weighted by atomic mass is 32.2. The summed E-state index contributed by atoms with van der Waals surface area (Å²) in [5, 5.41) is 23.5. The van der Waals surface area contributed by atoms with E-state index < -0.39 is 0 Å². The topological polar surface area (TPSA) is 118 Å². The number of piperazine rings is 1. The van der Waals surface area contributed by atoms with E-state index in [0.717, 1.165) is 49.2 Å². The van der Waals surface area contributed by atoms with Crippen LogP contribution in [0.15, 0.2) is 40.4 Å². The summed E-state index contributed by atoms with van der Waals surface area (Å²) in [6.07, 6.45) is 2.68. The molecule has 0 amide bonds. The zero-order valence-corrected chi connectivity index (χ0v) is 19.5. The summed E-state index contributed by atoms with van der Waals surface area (Å²) in [6, 6.07) is 10.1. The molecule has 2 aliphatic rings. The first-order valence-corrected chi connectivity index (χ1v) is 12.1. The van der Waals surface area contributed by atoms with E-state index in [4.69, 9.17) is 4.98 Å². The van der Waals surface area contributed by atoms with Crippen molar-refractivity contribution in [3.05, 3.63) is 36.0 Å². The van der Waals surface area contributed by atoms with E-state index in [1.165, 1.54) is 24.6 Å². The second kappa shape index (κ2) is 9.94. The van der Waals surface area contributed by atoms with Gasteiger partial charge in [0.2, 0.25) is 11.9 Å². The second-order valence-corrected chi connectivity index (χ2v) is 9.58. The molecule has 1 aromatic carbocycles. The van der Waals surface area contributed by atoms with Gasteiger partial charge in [-0.05, 0) is 61.8 Å². The highest BCUT2D eigenvalue weighted by molar-refractivity contribution is 7.99. The van der Waals surface area contributed by atoms with Gasteiger partial charge in [-0.3, -0.25) is 5.10 Å². The maximum Gasteiger partial charge on any atom is 0.234 e. The van der Waals surface area contributed by atoms with Crippen LogP contribution in [0.2, 0.25) is 0 Å². The number of aliphatic hydroxyl groups is 1. The van der Waals surface area contributed by atoms with Gasteiger partial charge < -0.3 is 25.5 Å². The van der Waals surface area contributed by atoms with Crippen LogP contribution in [0.25, 0.3) is 0 Å². The van der Waals surface area contributed by atoms with Crippen LogP contribution in [0, 0.1) is 5.92 Å². The lowest BCUT2D eigenvalue weighted by atomic mass is 10.3. The molecule has 1 aliphatic heterocycles. The van der Waals surface area contributed by atoms with Crippen LogP contribution in [0.3, 0.4) is 0 Å². The van der Waals surface area contributed by atoms with Crippen molar-refractivity contribution in [2.75, 3.05) is 55.3 Å². The van der Waals surface area contributed by atoms with Gasteiger partial charge in [-0.15, -0.1) is 0 Å². The number of hydrogen-bond donors (Lipinski definition) is 4. The van der Waals surface area contributed by atoms with Gasteiger partial charge in [0.1, 0.15) is 0 Å². The van der Waals surface area contributed by atoms with Gasteiger partial charge in [-0.1, -0.05) is 0 Å². The van der Waals surface area contributed by atoms with Gasteiger partial charge in [0.25, 0.3) is 0 Å². The van der Waals surface area contributed by atoms with E-state index in [1.807, 2.05) is 0 Å². The van der Waals surface area contributed by atoms with Crippen molar-refractivity contribution in [2.24, 2.45) is 5.92 Å². The number of hydrogen-bond acceptors (Lipinski definition) is 10. The number of H-pyrrole nitrogens is 1. The number of aromatic amines is 1. The van der Waals surface area contributed by atoms with Crippen molar-refractivity contribution >= 4 is 35.2 Å². The minimum Gasteiger partial charge on any atom is -0.390 e. The Labute approximate surface area is 197 Å². The summed E-state index contributed by atoms with van der Waals surface area (Å²) >= 11 is 1.51. The second-order valence-electron chi connectivity index (χ2n) is 8.54. The summed E-state index contributed by atoms with van der Waals surface area (Å²) in [6.45, 7) is 4.60. The Morgan fingerprint density at radius 1 is 1.09 bits per heavy atom. The SMILES string of the molecule is CN1CCN(c2nc(Nc3cc(CO)[nH]n3)nc(Sc3ccc(NCC4CC4)cc3)n2)CC1. The summed E-state index contributed by atoms with van der Waals surface area (Å²) in [4.78, 5) is 19.6. The number of anilines is 4. The van der Waals surface area contributed by atoms with E-state index in [0.29, 0.717) is 28.6 Å². The van der Waals surface area contributed by atoms with Crippen LogP contribution < -0.4 is 15.5 Å². The molecule has 10 nitrogen and oxygen atoms in total. The van der Waals surface area contributed by atoms with Crippen LogP contribution in [0.1, 0.15) is 18.5 Å². The molecule has 1 aliphatic carbocycles. The molecular formula is C22H29N9OS. The molecule has 5 rings (SSSR count). The molecule has 174 valence electrons. The molecule has 33 heavy (non-hydrogen) atoms. The predicted octanol–water partition coefficient (Wildman–Crippen LogP) is 2.56. The summed E-state index contributed by atoms with van der Waals surface area (Å²) < 4.78 is 0. The number of nitrogens with zero attached hydrogens (tertiary/aromatic N) is 6. The molecule has 0 spiro atoms. The van der Waals surface area contributed by atoms with Crippen molar-refractivity contribution in [3.63, 3.8) is 0 Å². The Morgan fingerprint density at radius 3 is 2.58 bits per heavy atom. The van der Waals surface area contributed by atoms with E-state index in [2.05, 4.69) is 71.9 Å². The third-order valence-electron chi connectivity index (χ3n) is 5.79. The molecule has 0 atom stereocenters. The molecule has 1 saturated heterocycles.